The van der Waals surface area contributed by atoms with E-state index in [0.29, 0.717) is 5.84 Å². The molecule has 1 aliphatic rings. The molecule has 0 aromatic heterocycles. The average Bonchev–Trinajstić information content (AvgIpc) is 2.26. The largest absolute Gasteiger partial charge is 0.409 e. The summed E-state index contributed by atoms with van der Waals surface area (Å²) in [4.78, 5) is 2.56. The number of nitrogens with zero attached hydrogens (tertiary/aromatic N) is 2. The monoisotopic (exact) mass is 255 g/mol. The number of likely N-dealkylation sites (tertiary alicyclic amines) is 1. The molecule has 0 aliphatic carbocycles. The van der Waals surface area contributed by atoms with Crippen LogP contribution in [-0.2, 0) is 0 Å². The van der Waals surface area contributed by atoms with Crippen LogP contribution < -0.4 is 5.73 Å². The summed E-state index contributed by atoms with van der Waals surface area (Å²) in [5, 5.41) is 11.9. The molecule has 0 spiro atoms. The third kappa shape index (κ3) is 4.48. The molecule has 106 valence electrons. The number of oxime groups is 1. The summed E-state index contributed by atoms with van der Waals surface area (Å²) in [7, 11) is 0. The molecule has 0 bridgehead atoms. The first-order valence-corrected chi connectivity index (χ1v) is 7.05. The Bertz CT molecular complexity index is 279. The van der Waals surface area contributed by atoms with Crippen molar-refractivity contribution >= 4 is 5.84 Å². The van der Waals surface area contributed by atoms with Gasteiger partial charge in [-0.1, -0.05) is 32.9 Å². The zero-order valence-corrected chi connectivity index (χ0v) is 12.3. The number of hydrogen-bond acceptors (Lipinski definition) is 3. The highest BCUT2D eigenvalue weighted by molar-refractivity contribution is 5.85. The Hall–Kier alpha value is -0.770. The first-order valence-electron chi connectivity index (χ1n) is 7.05. The van der Waals surface area contributed by atoms with Crippen LogP contribution in [0.1, 0.15) is 47.0 Å². The van der Waals surface area contributed by atoms with Gasteiger partial charge in [0, 0.05) is 18.5 Å². The first kappa shape index (κ1) is 15.3. The average molecular weight is 255 g/mol. The van der Waals surface area contributed by atoms with Crippen molar-refractivity contribution in [1.29, 1.82) is 0 Å². The number of amidine groups is 1. The summed E-state index contributed by atoms with van der Waals surface area (Å²) in [5.74, 6) is 1.96. The van der Waals surface area contributed by atoms with Crippen molar-refractivity contribution in [2.24, 2.45) is 28.1 Å². The molecule has 2 atom stereocenters. The van der Waals surface area contributed by atoms with Gasteiger partial charge in [0.1, 0.15) is 5.84 Å². The van der Waals surface area contributed by atoms with Gasteiger partial charge in [-0.2, -0.15) is 0 Å². The van der Waals surface area contributed by atoms with E-state index in [9.17, 15) is 0 Å². The van der Waals surface area contributed by atoms with Crippen LogP contribution in [0.25, 0.3) is 0 Å². The molecule has 1 fully saturated rings. The Balaban J connectivity index is 2.33. The van der Waals surface area contributed by atoms with Crippen LogP contribution in [0.2, 0.25) is 0 Å². The molecule has 0 radical (unpaired) electrons. The van der Waals surface area contributed by atoms with Crippen molar-refractivity contribution in [3.63, 3.8) is 0 Å². The van der Waals surface area contributed by atoms with E-state index in [0.717, 1.165) is 31.2 Å². The second-order valence-corrected chi connectivity index (χ2v) is 6.68. The number of piperidine rings is 1. The Labute approximate surface area is 111 Å². The predicted molar refractivity (Wildman–Crippen MR) is 75.8 cm³/mol. The maximum absolute atomic E-state index is 8.74. The van der Waals surface area contributed by atoms with E-state index in [1.165, 1.54) is 19.5 Å². The molecule has 0 amide bonds. The lowest BCUT2D eigenvalue weighted by atomic mass is 9.86. The van der Waals surface area contributed by atoms with E-state index in [2.05, 4.69) is 23.9 Å². The summed E-state index contributed by atoms with van der Waals surface area (Å²) in [6, 6.07) is 0. The van der Waals surface area contributed by atoms with Crippen molar-refractivity contribution in [2.45, 2.75) is 47.0 Å². The van der Waals surface area contributed by atoms with Crippen LogP contribution in [0, 0.1) is 17.3 Å². The summed E-state index contributed by atoms with van der Waals surface area (Å²) >= 11 is 0. The fraction of sp³-hybridized carbons (Fsp3) is 0.929. The molecule has 4 nitrogen and oxygen atoms in total. The Morgan fingerprint density at radius 3 is 2.39 bits per heavy atom. The maximum atomic E-state index is 8.74. The second kappa shape index (κ2) is 6.41. The molecular formula is C14H29N3O. The summed E-state index contributed by atoms with van der Waals surface area (Å²) in [6.07, 6.45) is 3.41. The van der Waals surface area contributed by atoms with E-state index >= 15 is 0 Å². The molecule has 3 N–H and O–H groups in total. The topological polar surface area (TPSA) is 61.8 Å². The summed E-state index contributed by atoms with van der Waals surface area (Å²) in [5.41, 5.74) is 5.49. The van der Waals surface area contributed by atoms with Gasteiger partial charge in [0.2, 0.25) is 0 Å². The van der Waals surface area contributed by atoms with Crippen LogP contribution in [-0.4, -0.2) is 35.6 Å². The highest BCUT2D eigenvalue weighted by Gasteiger charge is 2.25. The molecule has 1 saturated heterocycles. The Morgan fingerprint density at radius 2 is 1.89 bits per heavy atom. The zero-order chi connectivity index (χ0) is 13.8. The Kier molecular flexibility index (Phi) is 5.45. The van der Waals surface area contributed by atoms with Crippen molar-refractivity contribution in [1.82, 2.24) is 4.90 Å². The van der Waals surface area contributed by atoms with E-state index in [1.54, 1.807) is 0 Å². The number of hydrogen-bond donors (Lipinski definition) is 2. The highest BCUT2D eigenvalue weighted by Crippen LogP contribution is 2.25. The van der Waals surface area contributed by atoms with Crippen LogP contribution in [0.3, 0.4) is 0 Å². The number of nitrogens with two attached hydrogens (primary N) is 1. The smallest absolute Gasteiger partial charge is 0.144 e. The van der Waals surface area contributed by atoms with Gasteiger partial charge in [-0.05, 0) is 37.6 Å². The molecule has 18 heavy (non-hydrogen) atoms. The van der Waals surface area contributed by atoms with Crippen molar-refractivity contribution in [3.05, 3.63) is 0 Å². The minimum atomic E-state index is -0.207. The summed E-state index contributed by atoms with van der Waals surface area (Å²) < 4.78 is 0. The first-order chi connectivity index (χ1) is 8.35. The Morgan fingerprint density at radius 1 is 1.33 bits per heavy atom. The van der Waals surface area contributed by atoms with Crippen LogP contribution in [0.5, 0.6) is 0 Å². The lowest BCUT2D eigenvalue weighted by molar-refractivity contribution is 0.136. The highest BCUT2D eigenvalue weighted by atomic mass is 16.4. The van der Waals surface area contributed by atoms with Gasteiger partial charge < -0.3 is 15.8 Å². The van der Waals surface area contributed by atoms with Gasteiger partial charge in [0.25, 0.3) is 0 Å². The third-order valence-electron chi connectivity index (χ3n) is 4.02. The SMILES string of the molecule is CC1CC(C)CN(CCCC(C)(C)C(N)=NO)C1. The predicted octanol–water partition coefficient (Wildman–Crippen LogP) is 2.52. The lowest BCUT2D eigenvalue weighted by Crippen LogP contribution is -2.40. The van der Waals surface area contributed by atoms with Gasteiger partial charge in [-0.15, -0.1) is 0 Å². The normalized spacial score (nSPS) is 27.4. The van der Waals surface area contributed by atoms with Gasteiger partial charge >= 0.3 is 0 Å². The van der Waals surface area contributed by atoms with E-state index in [1.807, 2.05) is 13.8 Å². The van der Waals surface area contributed by atoms with Gasteiger partial charge in [-0.25, -0.2) is 0 Å². The maximum Gasteiger partial charge on any atom is 0.144 e. The molecule has 1 aliphatic heterocycles. The molecule has 1 heterocycles. The fourth-order valence-electron chi connectivity index (χ4n) is 2.98. The second-order valence-electron chi connectivity index (χ2n) is 6.68. The minimum absolute atomic E-state index is 0.207. The van der Waals surface area contributed by atoms with Crippen molar-refractivity contribution in [3.8, 4) is 0 Å². The molecular weight excluding hydrogens is 226 g/mol. The lowest BCUT2D eigenvalue weighted by Gasteiger charge is -2.35. The zero-order valence-electron chi connectivity index (χ0n) is 12.3. The molecule has 1 rings (SSSR count). The van der Waals surface area contributed by atoms with Crippen molar-refractivity contribution < 1.29 is 5.21 Å². The van der Waals surface area contributed by atoms with E-state index < -0.39 is 0 Å². The molecule has 0 saturated carbocycles. The van der Waals surface area contributed by atoms with Gasteiger partial charge in [0.05, 0.1) is 0 Å². The standard InChI is InChI=1S/C14H29N3O/c1-11-8-12(2)10-17(9-11)7-5-6-14(3,4)13(15)16-18/h11-12,18H,5-10H2,1-4H3,(H2,15,16). The van der Waals surface area contributed by atoms with E-state index in [4.69, 9.17) is 10.9 Å². The third-order valence-corrected chi connectivity index (χ3v) is 4.02. The van der Waals surface area contributed by atoms with Gasteiger partial charge in [0.15, 0.2) is 0 Å². The van der Waals surface area contributed by atoms with Crippen LogP contribution >= 0.6 is 0 Å². The summed E-state index contributed by atoms with van der Waals surface area (Å²) in [6.45, 7) is 12.3. The molecule has 2 unspecified atom stereocenters. The van der Waals surface area contributed by atoms with Crippen molar-refractivity contribution in [2.75, 3.05) is 19.6 Å². The molecule has 0 aromatic carbocycles. The number of rotatable bonds is 5. The van der Waals surface area contributed by atoms with Gasteiger partial charge in [-0.3, -0.25) is 0 Å². The fourth-order valence-corrected chi connectivity index (χ4v) is 2.98. The quantitative estimate of drug-likeness (QED) is 0.343. The minimum Gasteiger partial charge on any atom is -0.409 e. The van der Waals surface area contributed by atoms with E-state index in [-0.39, 0.29) is 5.41 Å². The molecule has 0 aromatic rings. The van der Waals surface area contributed by atoms with Crippen LogP contribution in [0.4, 0.5) is 0 Å². The molecule has 4 heteroatoms. The van der Waals surface area contributed by atoms with Crippen LogP contribution in [0.15, 0.2) is 5.16 Å².